The standard InChI is InChI=1S/C12H18O8/c1-6(13)17-10-9(5-16-4)20-12(19-8(3)15)11(10)18-7(2)14/h9-12H,5H2,1-4H3/t9-,10-,11-,12?/m1/s1. The van der Waals surface area contributed by atoms with Crippen molar-refractivity contribution in [3.63, 3.8) is 0 Å². The molecule has 0 spiro atoms. The molecule has 0 radical (unpaired) electrons. The van der Waals surface area contributed by atoms with E-state index in [-0.39, 0.29) is 6.61 Å². The predicted molar refractivity (Wildman–Crippen MR) is 63.4 cm³/mol. The zero-order chi connectivity index (χ0) is 15.3. The maximum Gasteiger partial charge on any atom is 0.305 e. The van der Waals surface area contributed by atoms with Crippen molar-refractivity contribution in [1.29, 1.82) is 0 Å². The molecule has 0 aromatic carbocycles. The van der Waals surface area contributed by atoms with Crippen LogP contribution in [0.4, 0.5) is 0 Å². The van der Waals surface area contributed by atoms with Crippen molar-refractivity contribution in [2.24, 2.45) is 0 Å². The molecular formula is C12H18O8. The molecule has 4 atom stereocenters. The molecule has 0 saturated carbocycles. The van der Waals surface area contributed by atoms with Crippen molar-refractivity contribution in [3.8, 4) is 0 Å². The Morgan fingerprint density at radius 1 is 0.900 bits per heavy atom. The maximum absolute atomic E-state index is 11.1. The van der Waals surface area contributed by atoms with Crippen LogP contribution in [0.15, 0.2) is 0 Å². The van der Waals surface area contributed by atoms with E-state index in [4.69, 9.17) is 23.7 Å². The molecule has 1 heterocycles. The SMILES string of the molecule is COC[C@H]1OC(OC(C)=O)[C@H](OC(C)=O)[C@@H]1OC(C)=O. The van der Waals surface area contributed by atoms with Gasteiger partial charge in [-0.1, -0.05) is 0 Å². The van der Waals surface area contributed by atoms with Gasteiger partial charge in [0, 0.05) is 27.9 Å². The third kappa shape index (κ3) is 4.46. The minimum Gasteiger partial charge on any atom is -0.455 e. The minimum absolute atomic E-state index is 0.0908. The van der Waals surface area contributed by atoms with Crippen molar-refractivity contribution in [2.45, 2.75) is 45.4 Å². The second-order valence-corrected chi connectivity index (χ2v) is 4.26. The fraction of sp³-hybridized carbons (Fsp3) is 0.750. The second kappa shape index (κ2) is 7.20. The molecule has 0 aliphatic carbocycles. The Labute approximate surface area is 116 Å². The lowest BCUT2D eigenvalue weighted by Gasteiger charge is -2.22. The lowest BCUT2D eigenvalue weighted by atomic mass is 10.1. The summed E-state index contributed by atoms with van der Waals surface area (Å²) >= 11 is 0. The van der Waals surface area contributed by atoms with Gasteiger partial charge in [0.25, 0.3) is 0 Å². The van der Waals surface area contributed by atoms with E-state index in [1.165, 1.54) is 27.9 Å². The highest BCUT2D eigenvalue weighted by atomic mass is 16.7. The largest absolute Gasteiger partial charge is 0.455 e. The molecular weight excluding hydrogens is 272 g/mol. The van der Waals surface area contributed by atoms with Crippen molar-refractivity contribution in [3.05, 3.63) is 0 Å². The fourth-order valence-corrected chi connectivity index (χ4v) is 1.90. The van der Waals surface area contributed by atoms with Gasteiger partial charge in [0.1, 0.15) is 6.10 Å². The quantitative estimate of drug-likeness (QED) is 0.506. The number of carbonyl (C=O) groups is 3. The fourth-order valence-electron chi connectivity index (χ4n) is 1.90. The van der Waals surface area contributed by atoms with Crippen molar-refractivity contribution in [2.75, 3.05) is 13.7 Å². The topological polar surface area (TPSA) is 97.4 Å². The molecule has 1 saturated heterocycles. The summed E-state index contributed by atoms with van der Waals surface area (Å²) in [4.78, 5) is 33.3. The number of esters is 3. The lowest BCUT2D eigenvalue weighted by Crippen LogP contribution is -2.41. The molecule has 1 aliphatic rings. The van der Waals surface area contributed by atoms with Crippen LogP contribution in [0, 0.1) is 0 Å². The van der Waals surface area contributed by atoms with Gasteiger partial charge in [-0.2, -0.15) is 0 Å². The molecule has 8 heteroatoms. The molecule has 0 amide bonds. The van der Waals surface area contributed by atoms with E-state index < -0.39 is 42.5 Å². The summed E-state index contributed by atoms with van der Waals surface area (Å²) in [6.07, 6.45) is -3.76. The van der Waals surface area contributed by atoms with Gasteiger partial charge in [-0.15, -0.1) is 0 Å². The van der Waals surface area contributed by atoms with Crippen molar-refractivity contribution in [1.82, 2.24) is 0 Å². The van der Waals surface area contributed by atoms with E-state index in [0.717, 1.165) is 0 Å². The molecule has 1 rings (SSSR count). The Balaban J connectivity index is 2.92. The van der Waals surface area contributed by atoms with Gasteiger partial charge in [0.15, 0.2) is 6.10 Å². The molecule has 0 aromatic rings. The monoisotopic (exact) mass is 290 g/mol. The Hall–Kier alpha value is -1.67. The van der Waals surface area contributed by atoms with E-state index >= 15 is 0 Å². The maximum atomic E-state index is 11.1. The molecule has 1 aliphatic heterocycles. The molecule has 0 N–H and O–H groups in total. The number of carbonyl (C=O) groups excluding carboxylic acids is 3. The highest BCUT2D eigenvalue weighted by molar-refractivity contribution is 5.68. The Kier molecular flexibility index (Phi) is 5.90. The van der Waals surface area contributed by atoms with Crippen molar-refractivity contribution < 1.29 is 38.1 Å². The number of ether oxygens (including phenoxy) is 5. The van der Waals surface area contributed by atoms with Crippen LogP contribution in [0.2, 0.25) is 0 Å². The predicted octanol–water partition coefficient (Wildman–Crippen LogP) is -0.216. The number of rotatable bonds is 5. The Morgan fingerprint density at radius 3 is 1.85 bits per heavy atom. The summed E-state index contributed by atoms with van der Waals surface area (Å²) in [5, 5.41) is 0. The molecule has 0 aromatic heterocycles. The van der Waals surface area contributed by atoms with E-state index in [9.17, 15) is 14.4 Å². The van der Waals surface area contributed by atoms with Crippen LogP contribution < -0.4 is 0 Å². The first kappa shape index (κ1) is 16.4. The minimum atomic E-state index is -1.14. The highest BCUT2D eigenvalue weighted by Crippen LogP contribution is 2.28. The second-order valence-electron chi connectivity index (χ2n) is 4.26. The normalized spacial score (nSPS) is 28.8. The average Bonchev–Trinajstić information content (AvgIpc) is 2.57. The zero-order valence-corrected chi connectivity index (χ0v) is 11.8. The van der Waals surface area contributed by atoms with Crippen LogP contribution in [-0.2, 0) is 38.1 Å². The van der Waals surface area contributed by atoms with E-state index in [1.54, 1.807) is 0 Å². The van der Waals surface area contributed by atoms with Crippen LogP contribution in [0.1, 0.15) is 20.8 Å². The summed E-state index contributed by atoms with van der Waals surface area (Å²) in [6, 6.07) is 0. The Morgan fingerprint density at radius 2 is 1.40 bits per heavy atom. The van der Waals surface area contributed by atoms with Crippen LogP contribution >= 0.6 is 0 Å². The van der Waals surface area contributed by atoms with Crippen LogP contribution in [-0.4, -0.2) is 56.2 Å². The Bertz CT molecular complexity index is 380. The number of methoxy groups -OCH3 is 1. The molecule has 0 bridgehead atoms. The summed E-state index contributed by atoms with van der Waals surface area (Å²) in [6.45, 7) is 3.69. The lowest BCUT2D eigenvalue weighted by molar-refractivity contribution is -0.196. The molecule has 114 valence electrons. The van der Waals surface area contributed by atoms with Gasteiger partial charge in [-0.3, -0.25) is 14.4 Å². The number of hydrogen-bond acceptors (Lipinski definition) is 8. The first-order valence-electron chi connectivity index (χ1n) is 6.01. The van der Waals surface area contributed by atoms with Crippen LogP contribution in [0.3, 0.4) is 0 Å². The summed E-state index contributed by atoms with van der Waals surface area (Å²) in [5.41, 5.74) is 0. The van der Waals surface area contributed by atoms with Crippen molar-refractivity contribution >= 4 is 17.9 Å². The number of hydrogen-bond donors (Lipinski definition) is 0. The zero-order valence-electron chi connectivity index (χ0n) is 11.8. The molecule has 20 heavy (non-hydrogen) atoms. The first-order chi connectivity index (χ1) is 9.35. The van der Waals surface area contributed by atoms with Gasteiger partial charge < -0.3 is 23.7 Å². The van der Waals surface area contributed by atoms with E-state index in [2.05, 4.69) is 0 Å². The summed E-state index contributed by atoms with van der Waals surface area (Å²) in [5.74, 6) is -1.78. The van der Waals surface area contributed by atoms with Gasteiger partial charge in [-0.05, 0) is 0 Å². The molecule has 1 fully saturated rings. The van der Waals surface area contributed by atoms with Gasteiger partial charge in [0.05, 0.1) is 6.61 Å². The van der Waals surface area contributed by atoms with Gasteiger partial charge in [0.2, 0.25) is 12.4 Å². The highest BCUT2D eigenvalue weighted by Gasteiger charge is 2.50. The molecule has 1 unspecified atom stereocenters. The van der Waals surface area contributed by atoms with Gasteiger partial charge >= 0.3 is 17.9 Å². The van der Waals surface area contributed by atoms with Gasteiger partial charge in [-0.25, -0.2) is 0 Å². The van der Waals surface area contributed by atoms with E-state index in [1.807, 2.05) is 0 Å². The van der Waals surface area contributed by atoms with E-state index in [0.29, 0.717) is 0 Å². The molecule has 8 nitrogen and oxygen atoms in total. The van der Waals surface area contributed by atoms with Crippen LogP contribution in [0.5, 0.6) is 0 Å². The summed E-state index contributed by atoms with van der Waals surface area (Å²) in [7, 11) is 1.44. The smallest absolute Gasteiger partial charge is 0.305 e. The third-order valence-corrected chi connectivity index (χ3v) is 2.48. The van der Waals surface area contributed by atoms with Crippen LogP contribution in [0.25, 0.3) is 0 Å². The summed E-state index contributed by atoms with van der Waals surface area (Å²) < 4.78 is 25.4. The average molecular weight is 290 g/mol. The third-order valence-electron chi connectivity index (χ3n) is 2.48. The first-order valence-corrected chi connectivity index (χ1v) is 6.01.